The van der Waals surface area contributed by atoms with Crippen LogP contribution >= 0.6 is 0 Å². The maximum Gasteiger partial charge on any atom is 0.229 e. The van der Waals surface area contributed by atoms with Crippen LogP contribution in [0.3, 0.4) is 0 Å². The maximum atomic E-state index is 4.56. The second-order valence-electron chi connectivity index (χ2n) is 6.34. The number of nitrogens with one attached hydrogen (secondary N) is 2. The minimum atomic E-state index is 0.524. The molecule has 6 heteroatoms. The molecule has 5 aromatic rings. The Bertz CT molecular complexity index is 1190. The van der Waals surface area contributed by atoms with E-state index in [0.29, 0.717) is 11.8 Å². The average molecular weight is 364 g/mol. The van der Waals surface area contributed by atoms with Gasteiger partial charge in [-0.15, -0.1) is 0 Å². The molecule has 0 amide bonds. The SMILES string of the molecule is c1cnc2ccc(Nc3ccnc(Nc4ccc5ncccc5c4)n3)cc2c1. The lowest BCUT2D eigenvalue weighted by Crippen LogP contribution is -2.00. The van der Waals surface area contributed by atoms with Crippen LogP contribution in [0.1, 0.15) is 0 Å². The Morgan fingerprint density at radius 2 is 1.21 bits per heavy atom. The summed E-state index contributed by atoms with van der Waals surface area (Å²) in [4.78, 5) is 17.6. The van der Waals surface area contributed by atoms with Gasteiger partial charge < -0.3 is 10.6 Å². The Kier molecular flexibility index (Phi) is 3.99. The van der Waals surface area contributed by atoms with Crippen molar-refractivity contribution in [1.82, 2.24) is 19.9 Å². The predicted octanol–water partition coefficient (Wildman–Crippen LogP) is 5.06. The summed E-state index contributed by atoms with van der Waals surface area (Å²) in [6, 6.07) is 21.7. The molecule has 6 nitrogen and oxygen atoms in total. The molecular weight excluding hydrogens is 348 g/mol. The number of nitrogens with zero attached hydrogens (tertiary/aromatic N) is 4. The van der Waals surface area contributed by atoms with E-state index in [9.17, 15) is 0 Å². The molecule has 3 heterocycles. The van der Waals surface area contributed by atoms with Crippen LogP contribution in [0.5, 0.6) is 0 Å². The highest BCUT2D eigenvalue weighted by Gasteiger charge is 2.03. The minimum absolute atomic E-state index is 0.524. The van der Waals surface area contributed by atoms with Gasteiger partial charge in [0.25, 0.3) is 0 Å². The lowest BCUT2D eigenvalue weighted by atomic mass is 10.2. The van der Waals surface area contributed by atoms with Gasteiger partial charge in [-0.2, -0.15) is 4.98 Å². The second kappa shape index (κ2) is 6.92. The largest absolute Gasteiger partial charge is 0.340 e. The van der Waals surface area contributed by atoms with Gasteiger partial charge in [-0.1, -0.05) is 12.1 Å². The summed E-state index contributed by atoms with van der Waals surface area (Å²) in [5, 5.41) is 8.71. The Hall–Kier alpha value is -4.06. The molecule has 0 unspecified atom stereocenters. The number of benzene rings is 2. The highest BCUT2D eigenvalue weighted by molar-refractivity contribution is 5.84. The van der Waals surface area contributed by atoms with Crippen molar-refractivity contribution in [3.8, 4) is 0 Å². The van der Waals surface area contributed by atoms with Crippen LogP contribution in [0.15, 0.2) is 85.3 Å². The molecule has 28 heavy (non-hydrogen) atoms. The fourth-order valence-corrected chi connectivity index (χ4v) is 3.07. The number of anilines is 4. The number of rotatable bonds is 4. The monoisotopic (exact) mass is 364 g/mol. The van der Waals surface area contributed by atoms with E-state index in [-0.39, 0.29) is 0 Å². The molecule has 0 atom stereocenters. The van der Waals surface area contributed by atoms with E-state index in [4.69, 9.17) is 0 Å². The molecular formula is C22H16N6. The first-order valence-corrected chi connectivity index (χ1v) is 8.90. The zero-order valence-corrected chi connectivity index (χ0v) is 14.9. The smallest absolute Gasteiger partial charge is 0.229 e. The normalized spacial score (nSPS) is 10.9. The molecule has 3 aromatic heterocycles. The van der Waals surface area contributed by atoms with Crippen LogP contribution in [-0.4, -0.2) is 19.9 Å². The summed E-state index contributed by atoms with van der Waals surface area (Å²) < 4.78 is 0. The quantitative estimate of drug-likeness (QED) is 0.464. The van der Waals surface area contributed by atoms with Gasteiger partial charge >= 0.3 is 0 Å². The molecule has 2 aromatic carbocycles. The lowest BCUT2D eigenvalue weighted by Gasteiger charge is -2.09. The summed E-state index contributed by atoms with van der Waals surface area (Å²) >= 11 is 0. The molecule has 5 rings (SSSR count). The highest BCUT2D eigenvalue weighted by Crippen LogP contribution is 2.22. The molecule has 0 aliphatic rings. The van der Waals surface area contributed by atoms with Crippen LogP contribution < -0.4 is 10.6 Å². The second-order valence-corrected chi connectivity index (χ2v) is 6.34. The topological polar surface area (TPSA) is 75.6 Å². The standard InChI is InChI=1S/C22H16N6/c1-3-15-13-17(5-7-19(15)23-10-1)26-21-9-12-25-22(28-21)27-18-6-8-20-16(14-18)4-2-11-24-20/h1-14H,(H2,25,26,27,28). The number of hydrogen-bond donors (Lipinski definition) is 2. The molecule has 0 aliphatic carbocycles. The Labute approximate surface area is 161 Å². The summed E-state index contributed by atoms with van der Waals surface area (Å²) in [5.41, 5.74) is 3.77. The van der Waals surface area contributed by atoms with E-state index in [1.54, 1.807) is 18.6 Å². The molecule has 0 radical (unpaired) electrons. The lowest BCUT2D eigenvalue weighted by molar-refractivity contribution is 1.17. The van der Waals surface area contributed by atoms with Gasteiger partial charge in [0.15, 0.2) is 0 Å². The van der Waals surface area contributed by atoms with Crippen molar-refractivity contribution in [3.05, 3.63) is 85.3 Å². The number of hydrogen-bond acceptors (Lipinski definition) is 6. The van der Waals surface area contributed by atoms with Crippen molar-refractivity contribution in [3.63, 3.8) is 0 Å². The molecule has 0 fully saturated rings. The Morgan fingerprint density at radius 1 is 0.571 bits per heavy atom. The summed E-state index contributed by atoms with van der Waals surface area (Å²) in [6.07, 6.45) is 5.31. The number of aromatic nitrogens is 4. The Balaban J connectivity index is 1.39. The minimum Gasteiger partial charge on any atom is -0.340 e. The summed E-state index contributed by atoms with van der Waals surface area (Å²) in [6.45, 7) is 0. The van der Waals surface area contributed by atoms with Gasteiger partial charge in [-0.25, -0.2) is 4.98 Å². The van der Waals surface area contributed by atoms with Gasteiger partial charge in [-0.3, -0.25) is 9.97 Å². The predicted molar refractivity (Wildman–Crippen MR) is 112 cm³/mol. The van der Waals surface area contributed by atoms with Crippen LogP contribution in [0.4, 0.5) is 23.1 Å². The van der Waals surface area contributed by atoms with Gasteiger partial charge in [0, 0.05) is 40.7 Å². The van der Waals surface area contributed by atoms with Crippen molar-refractivity contribution in [2.75, 3.05) is 10.6 Å². The van der Waals surface area contributed by atoms with Gasteiger partial charge in [0.1, 0.15) is 5.82 Å². The fraction of sp³-hybridized carbons (Fsp3) is 0. The van der Waals surface area contributed by atoms with Crippen LogP contribution in [0, 0.1) is 0 Å². The van der Waals surface area contributed by atoms with Crippen molar-refractivity contribution >= 4 is 44.9 Å². The molecule has 0 saturated carbocycles. The van der Waals surface area contributed by atoms with Crippen LogP contribution in [0.25, 0.3) is 21.8 Å². The first kappa shape index (κ1) is 16.1. The molecule has 0 saturated heterocycles. The van der Waals surface area contributed by atoms with E-state index in [2.05, 4.69) is 30.6 Å². The van der Waals surface area contributed by atoms with Gasteiger partial charge in [0.05, 0.1) is 11.0 Å². The average Bonchev–Trinajstić information content (AvgIpc) is 2.74. The summed E-state index contributed by atoms with van der Waals surface area (Å²) in [7, 11) is 0. The van der Waals surface area contributed by atoms with Crippen molar-refractivity contribution in [2.24, 2.45) is 0 Å². The third-order valence-corrected chi connectivity index (χ3v) is 4.39. The Morgan fingerprint density at radius 3 is 1.89 bits per heavy atom. The van der Waals surface area contributed by atoms with Crippen LogP contribution in [0.2, 0.25) is 0 Å². The van der Waals surface area contributed by atoms with Gasteiger partial charge in [-0.05, 0) is 54.6 Å². The third kappa shape index (κ3) is 3.31. The first-order chi connectivity index (χ1) is 13.8. The van der Waals surface area contributed by atoms with Crippen LogP contribution in [-0.2, 0) is 0 Å². The van der Waals surface area contributed by atoms with Crippen molar-refractivity contribution in [1.29, 1.82) is 0 Å². The molecule has 134 valence electrons. The van der Waals surface area contributed by atoms with E-state index < -0.39 is 0 Å². The molecule has 0 bridgehead atoms. The van der Waals surface area contributed by atoms with E-state index in [1.807, 2.05) is 66.7 Å². The van der Waals surface area contributed by atoms with E-state index in [1.165, 1.54) is 0 Å². The zero-order chi connectivity index (χ0) is 18.8. The zero-order valence-electron chi connectivity index (χ0n) is 14.9. The molecule has 0 spiro atoms. The van der Waals surface area contributed by atoms with E-state index in [0.717, 1.165) is 33.2 Å². The highest BCUT2D eigenvalue weighted by atomic mass is 15.1. The van der Waals surface area contributed by atoms with Crippen molar-refractivity contribution < 1.29 is 0 Å². The van der Waals surface area contributed by atoms with Crippen molar-refractivity contribution in [2.45, 2.75) is 0 Å². The molecule has 2 N–H and O–H groups in total. The maximum absolute atomic E-state index is 4.56. The first-order valence-electron chi connectivity index (χ1n) is 8.90. The number of fused-ring (bicyclic) bond motifs is 2. The van der Waals surface area contributed by atoms with Gasteiger partial charge in [0.2, 0.25) is 5.95 Å². The van der Waals surface area contributed by atoms with E-state index >= 15 is 0 Å². The summed E-state index contributed by atoms with van der Waals surface area (Å²) in [5.74, 6) is 1.24. The third-order valence-electron chi connectivity index (χ3n) is 4.39. The molecule has 0 aliphatic heterocycles. The number of pyridine rings is 2. The fourth-order valence-electron chi connectivity index (χ4n) is 3.07.